The molecular formula is C13H18S. The lowest BCUT2D eigenvalue weighted by Crippen LogP contribution is -2.12. The van der Waals surface area contributed by atoms with Crippen LogP contribution in [0.4, 0.5) is 0 Å². The molecule has 0 spiro atoms. The van der Waals surface area contributed by atoms with Gasteiger partial charge in [0, 0.05) is 4.91 Å². The van der Waals surface area contributed by atoms with Crippen LogP contribution in [0.1, 0.15) is 27.2 Å². The first-order chi connectivity index (χ1) is 6.43. The lowest BCUT2D eigenvalue weighted by molar-refractivity contribution is 0.511. The summed E-state index contributed by atoms with van der Waals surface area (Å²) in [5.74, 6) is 0. The minimum atomic E-state index is 0.115. The monoisotopic (exact) mass is 206 g/mol. The van der Waals surface area contributed by atoms with Crippen LogP contribution in [0.2, 0.25) is 0 Å². The topological polar surface area (TPSA) is 0 Å². The van der Waals surface area contributed by atoms with Crippen molar-refractivity contribution in [2.75, 3.05) is 0 Å². The van der Waals surface area contributed by atoms with Crippen molar-refractivity contribution >= 4 is 12.6 Å². The van der Waals surface area contributed by atoms with Gasteiger partial charge >= 0.3 is 0 Å². The molecule has 0 nitrogen and oxygen atoms in total. The average Bonchev–Trinajstić information content (AvgIpc) is 2.02. The van der Waals surface area contributed by atoms with Gasteiger partial charge in [0.25, 0.3) is 0 Å². The molecule has 76 valence electrons. The molecule has 0 fully saturated rings. The zero-order valence-electron chi connectivity index (χ0n) is 9.17. The van der Waals surface area contributed by atoms with Crippen molar-refractivity contribution in [2.24, 2.45) is 5.41 Å². The fourth-order valence-electron chi connectivity index (χ4n) is 1.80. The zero-order valence-corrected chi connectivity index (χ0v) is 10.1. The first-order valence-electron chi connectivity index (χ1n) is 4.88. The maximum absolute atomic E-state index is 4.39. The van der Waals surface area contributed by atoms with Crippen LogP contribution in [-0.2, 0) is 0 Å². The van der Waals surface area contributed by atoms with Crippen molar-refractivity contribution in [3.8, 4) is 0 Å². The van der Waals surface area contributed by atoms with Crippen LogP contribution in [0, 0.1) is 5.41 Å². The third-order valence-corrected chi connectivity index (χ3v) is 2.47. The molecule has 0 atom stereocenters. The van der Waals surface area contributed by atoms with Gasteiger partial charge in [-0.05, 0) is 23.0 Å². The van der Waals surface area contributed by atoms with Crippen molar-refractivity contribution in [3.63, 3.8) is 0 Å². The van der Waals surface area contributed by atoms with E-state index < -0.39 is 0 Å². The lowest BCUT2D eigenvalue weighted by atomic mass is 9.81. The summed E-state index contributed by atoms with van der Waals surface area (Å²) < 4.78 is 0. The molecule has 0 saturated carbocycles. The van der Waals surface area contributed by atoms with Gasteiger partial charge in [0.15, 0.2) is 0 Å². The van der Waals surface area contributed by atoms with E-state index in [0.29, 0.717) is 0 Å². The quantitative estimate of drug-likeness (QED) is 0.608. The van der Waals surface area contributed by atoms with Crippen molar-refractivity contribution < 1.29 is 0 Å². The van der Waals surface area contributed by atoms with Crippen LogP contribution in [0.3, 0.4) is 0 Å². The van der Waals surface area contributed by atoms with Crippen LogP contribution in [0.15, 0.2) is 46.9 Å². The molecule has 0 unspecified atom stereocenters. The van der Waals surface area contributed by atoms with Crippen molar-refractivity contribution in [1.82, 2.24) is 0 Å². The highest BCUT2D eigenvalue weighted by Gasteiger charge is 2.21. The van der Waals surface area contributed by atoms with E-state index in [9.17, 15) is 0 Å². The Hall–Kier alpha value is -0.690. The normalized spacial score (nSPS) is 19.7. The third-order valence-electron chi connectivity index (χ3n) is 2.24. The summed E-state index contributed by atoms with van der Waals surface area (Å²) in [6, 6.07) is 0. The van der Waals surface area contributed by atoms with E-state index in [1.165, 1.54) is 11.1 Å². The minimum absolute atomic E-state index is 0.115. The standard InChI is InChI=1S/C13H18S/c1-10(14)12(13(2,3)4)11-8-6-5-7-9-11/h5-8,14H,1,9H2,2-4H3/b12-11+. The fourth-order valence-corrected chi connectivity index (χ4v) is 2.28. The predicted molar refractivity (Wildman–Crippen MR) is 67.5 cm³/mol. The second-order valence-electron chi connectivity index (χ2n) is 4.59. The molecule has 1 aliphatic rings. The SMILES string of the molecule is C=C(S)/C(=C1/C=CC=CC1)C(C)(C)C. The van der Waals surface area contributed by atoms with Gasteiger partial charge in [0.2, 0.25) is 0 Å². The van der Waals surface area contributed by atoms with Crippen LogP contribution in [0.5, 0.6) is 0 Å². The maximum Gasteiger partial charge on any atom is 0.000828 e. The first-order valence-corrected chi connectivity index (χ1v) is 5.32. The van der Waals surface area contributed by atoms with Gasteiger partial charge in [-0.1, -0.05) is 51.7 Å². The average molecular weight is 206 g/mol. The number of allylic oxidation sites excluding steroid dienone is 6. The molecule has 0 saturated heterocycles. The lowest BCUT2D eigenvalue weighted by Gasteiger charge is -2.26. The summed E-state index contributed by atoms with van der Waals surface area (Å²) in [6.45, 7) is 10.5. The van der Waals surface area contributed by atoms with Gasteiger partial charge in [-0.3, -0.25) is 0 Å². The summed E-state index contributed by atoms with van der Waals surface area (Å²) in [7, 11) is 0. The number of rotatable bonds is 1. The molecule has 0 aromatic heterocycles. The summed E-state index contributed by atoms with van der Waals surface area (Å²) in [4.78, 5) is 0.882. The van der Waals surface area contributed by atoms with E-state index >= 15 is 0 Å². The van der Waals surface area contributed by atoms with Gasteiger partial charge in [-0.15, -0.1) is 12.6 Å². The number of thiol groups is 1. The molecule has 14 heavy (non-hydrogen) atoms. The van der Waals surface area contributed by atoms with E-state index in [4.69, 9.17) is 0 Å². The Balaban J connectivity index is 3.16. The Kier molecular flexibility index (Phi) is 3.43. The highest BCUT2D eigenvalue weighted by Crippen LogP contribution is 2.36. The van der Waals surface area contributed by atoms with Crippen LogP contribution < -0.4 is 0 Å². The van der Waals surface area contributed by atoms with Gasteiger partial charge < -0.3 is 0 Å². The molecule has 0 N–H and O–H groups in total. The Bertz CT molecular complexity index is 322. The van der Waals surface area contributed by atoms with Crippen LogP contribution in [0.25, 0.3) is 0 Å². The first kappa shape index (κ1) is 11.4. The van der Waals surface area contributed by atoms with E-state index in [2.05, 4.69) is 64.3 Å². The van der Waals surface area contributed by atoms with Gasteiger partial charge in [-0.2, -0.15) is 0 Å². The molecule has 0 aromatic rings. The molecule has 0 aromatic carbocycles. The van der Waals surface area contributed by atoms with Crippen molar-refractivity contribution in [1.29, 1.82) is 0 Å². The Labute approximate surface area is 92.5 Å². The molecule has 0 amide bonds. The molecule has 0 aliphatic heterocycles. The fraction of sp³-hybridized carbons (Fsp3) is 0.385. The van der Waals surface area contributed by atoms with E-state index in [0.717, 1.165) is 11.3 Å². The minimum Gasteiger partial charge on any atom is -0.144 e. The number of hydrogen-bond donors (Lipinski definition) is 1. The Morgan fingerprint density at radius 3 is 2.36 bits per heavy atom. The molecule has 0 heterocycles. The van der Waals surface area contributed by atoms with Crippen molar-refractivity contribution in [3.05, 3.63) is 46.9 Å². The van der Waals surface area contributed by atoms with E-state index in [-0.39, 0.29) is 5.41 Å². The molecule has 0 bridgehead atoms. The Morgan fingerprint density at radius 1 is 1.36 bits per heavy atom. The van der Waals surface area contributed by atoms with Crippen molar-refractivity contribution in [2.45, 2.75) is 27.2 Å². The van der Waals surface area contributed by atoms with Gasteiger partial charge in [-0.25, -0.2) is 0 Å². The smallest absolute Gasteiger partial charge is 0.000828 e. The summed E-state index contributed by atoms with van der Waals surface area (Å²) in [5, 5.41) is 0. The predicted octanol–water partition coefficient (Wildman–Crippen LogP) is 4.29. The second kappa shape index (κ2) is 4.22. The third kappa shape index (κ3) is 2.65. The maximum atomic E-state index is 4.39. The molecule has 1 aliphatic carbocycles. The highest BCUT2D eigenvalue weighted by molar-refractivity contribution is 7.84. The molecule has 1 rings (SSSR count). The zero-order chi connectivity index (χ0) is 10.8. The van der Waals surface area contributed by atoms with E-state index in [1.807, 2.05) is 0 Å². The number of hydrogen-bond acceptors (Lipinski definition) is 1. The summed E-state index contributed by atoms with van der Waals surface area (Å²) >= 11 is 4.39. The van der Waals surface area contributed by atoms with Gasteiger partial charge in [0.05, 0.1) is 0 Å². The molecule has 1 heteroatoms. The van der Waals surface area contributed by atoms with Crippen LogP contribution in [-0.4, -0.2) is 0 Å². The second-order valence-corrected chi connectivity index (χ2v) is 5.13. The molecular weight excluding hydrogens is 188 g/mol. The summed E-state index contributed by atoms with van der Waals surface area (Å²) in [6.07, 6.45) is 9.45. The van der Waals surface area contributed by atoms with Gasteiger partial charge in [0.1, 0.15) is 0 Å². The Morgan fingerprint density at radius 2 is 2.00 bits per heavy atom. The molecule has 0 radical (unpaired) electrons. The van der Waals surface area contributed by atoms with Crippen LogP contribution >= 0.6 is 12.6 Å². The van der Waals surface area contributed by atoms with E-state index in [1.54, 1.807) is 0 Å². The summed E-state index contributed by atoms with van der Waals surface area (Å²) in [5.41, 5.74) is 2.71. The highest BCUT2D eigenvalue weighted by atomic mass is 32.1. The largest absolute Gasteiger partial charge is 0.144 e.